The van der Waals surface area contributed by atoms with Gasteiger partial charge in [-0.15, -0.1) is 4.89 Å². The van der Waals surface area contributed by atoms with Crippen LogP contribution in [-0.4, -0.2) is 24.0 Å². The largest absolute Gasteiger partial charge is 0.420 e. The number of benzene rings is 1. The van der Waals surface area contributed by atoms with E-state index in [-0.39, 0.29) is 12.1 Å². The van der Waals surface area contributed by atoms with Gasteiger partial charge >= 0.3 is 11.9 Å². The van der Waals surface area contributed by atoms with Crippen molar-refractivity contribution in [2.75, 3.05) is 0 Å². The topological polar surface area (TPSA) is 73.9 Å². The van der Waals surface area contributed by atoms with E-state index in [1.165, 1.54) is 0 Å². The minimum atomic E-state index is -1.59. The Balaban J connectivity index is 2.00. The predicted molar refractivity (Wildman–Crippen MR) is 90.4 cm³/mol. The molecule has 0 saturated carbocycles. The molecule has 0 unspecified atom stereocenters. The molecule has 0 spiro atoms. The standard InChI is InChI=1S/C18H20ClNO5/c1-2-4-14-7-8-15(20-14)18(12-5-3-6-13(19)11-12)23-16(21)9-10-17(22)24-25-18/h3,5-6,9-11,14-15,20H,2,4,7-8H2,1H3/b10-9-/t14-,15+,18+/m0/s1. The molecule has 0 amide bonds. The average Bonchev–Trinajstić information content (AvgIpc) is 3.05. The van der Waals surface area contributed by atoms with Gasteiger partial charge in [0.05, 0.1) is 6.04 Å². The molecule has 1 aromatic carbocycles. The third-order valence-electron chi connectivity index (χ3n) is 4.42. The van der Waals surface area contributed by atoms with Crippen molar-refractivity contribution >= 4 is 23.5 Å². The number of hydrogen-bond acceptors (Lipinski definition) is 6. The molecule has 0 radical (unpaired) electrons. The van der Waals surface area contributed by atoms with Crippen LogP contribution in [0.3, 0.4) is 0 Å². The Bertz CT molecular complexity index is 692. The number of nitrogens with one attached hydrogen (secondary N) is 1. The van der Waals surface area contributed by atoms with E-state index in [4.69, 9.17) is 26.1 Å². The number of rotatable bonds is 4. The molecule has 1 fully saturated rings. The summed E-state index contributed by atoms with van der Waals surface area (Å²) in [6.07, 6.45) is 5.63. The van der Waals surface area contributed by atoms with Crippen LogP contribution in [0, 0.1) is 0 Å². The zero-order chi connectivity index (χ0) is 17.9. The summed E-state index contributed by atoms with van der Waals surface area (Å²) < 4.78 is 5.63. The highest BCUT2D eigenvalue weighted by Gasteiger charge is 2.51. The summed E-state index contributed by atoms with van der Waals surface area (Å²) in [7, 11) is 0. The van der Waals surface area contributed by atoms with Crippen molar-refractivity contribution in [3.8, 4) is 0 Å². The monoisotopic (exact) mass is 365 g/mol. The normalized spacial score (nSPS) is 31.0. The van der Waals surface area contributed by atoms with E-state index in [2.05, 4.69) is 12.2 Å². The van der Waals surface area contributed by atoms with Crippen LogP contribution in [0.15, 0.2) is 36.4 Å². The number of ether oxygens (including phenoxy) is 1. The van der Waals surface area contributed by atoms with Gasteiger partial charge in [-0.2, -0.15) is 0 Å². The van der Waals surface area contributed by atoms with Crippen LogP contribution in [0.1, 0.15) is 38.2 Å². The van der Waals surface area contributed by atoms with Gasteiger partial charge in [0.25, 0.3) is 5.79 Å². The average molecular weight is 366 g/mol. The highest BCUT2D eigenvalue weighted by atomic mass is 35.5. The minimum absolute atomic E-state index is 0.282. The van der Waals surface area contributed by atoms with Crippen molar-refractivity contribution in [3.63, 3.8) is 0 Å². The van der Waals surface area contributed by atoms with Crippen LogP contribution in [-0.2, 0) is 29.9 Å². The van der Waals surface area contributed by atoms with Crippen LogP contribution < -0.4 is 5.32 Å². The molecule has 7 heteroatoms. The number of hydrogen-bond donors (Lipinski definition) is 1. The lowest BCUT2D eigenvalue weighted by Crippen LogP contribution is -2.52. The molecule has 134 valence electrons. The Morgan fingerprint density at radius 2 is 2.04 bits per heavy atom. The van der Waals surface area contributed by atoms with Crippen LogP contribution in [0.5, 0.6) is 0 Å². The van der Waals surface area contributed by atoms with Gasteiger partial charge in [0.1, 0.15) is 0 Å². The Hall–Kier alpha value is -1.89. The summed E-state index contributed by atoms with van der Waals surface area (Å²) in [4.78, 5) is 34.1. The molecule has 6 nitrogen and oxygen atoms in total. The van der Waals surface area contributed by atoms with Gasteiger partial charge in [-0.3, -0.25) is 4.89 Å². The fraction of sp³-hybridized carbons (Fsp3) is 0.444. The fourth-order valence-electron chi connectivity index (χ4n) is 3.30. The van der Waals surface area contributed by atoms with Gasteiger partial charge in [0.2, 0.25) is 0 Å². The number of carbonyl (C=O) groups is 2. The van der Waals surface area contributed by atoms with Crippen molar-refractivity contribution < 1.29 is 24.1 Å². The summed E-state index contributed by atoms with van der Waals surface area (Å²) in [5.74, 6) is -3.05. The molecule has 0 aliphatic carbocycles. The molecule has 0 bridgehead atoms. The Kier molecular flexibility index (Phi) is 5.42. The second-order valence-electron chi connectivity index (χ2n) is 6.20. The molecule has 3 rings (SSSR count). The van der Waals surface area contributed by atoms with Crippen LogP contribution in [0.2, 0.25) is 5.02 Å². The molecule has 3 atom stereocenters. The Labute approximate surface area is 151 Å². The molecule has 25 heavy (non-hydrogen) atoms. The van der Waals surface area contributed by atoms with Crippen molar-refractivity contribution in [3.05, 3.63) is 47.0 Å². The Morgan fingerprint density at radius 3 is 2.80 bits per heavy atom. The van der Waals surface area contributed by atoms with Gasteiger partial charge in [-0.05, 0) is 31.4 Å². The van der Waals surface area contributed by atoms with E-state index in [0.717, 1.165) is 31.4 Å². The highest BCUT2D eigenvalue weighted by Crippen LogP contribution is 2.39. The molecule has 2 aliphatic heterocycles. The van der Waals surface area contributed by atoms with Crippen molar-refractivity contribution in [1.29, 1.82) is 0 Å². The zero-order valence-electron chi connectivity index (χ0n) is 13.9. The van der Waals surface area contributed by atoms with Crippen LogP contribution in [0.25, 0.3) is 0 Å². The number of esters is 1. The molecule has 1 saturated heterocycles. The smallest absolute Gasteiger partial charge is 0.366 e. The molecular formula is C18H20ClNO5. The molecule has 2 heterocycles. The lowest BCUT2D eigenvalue weighted by Gasteiger charge is -2.36. The van der Waals surface area contributed by atoms with Crippen LogP contribution in [0.4, 0.5) is 0 Å². The van der Waals surface area contributed by atoms with E-state index in [1.807, 2.05) is 0 Å². The first-order valence-corrected chi connectivity index (χ1v) is 8.74. The third-order valence-corrected chi connectivity index (χ3v) is 4.65. The number of carbonyl (C=O) groups excluding carboxylic acids is 2. The first kappa shape index (κ1) is 17.9. The maximum Gasteiger partial charge on any atom is 0.366 e. The molecule has 2 aliphatic rings. The molecule has 1 aromatic rings. The maximum absolute atomic E-state index is 12.2. The minimum Gasteiger partial charge on any atom is -0.420 e. The maximum atomic E-state index is 12.2. The van der Waals surface area contributed by atoms with Gasteiger partial charge in [0, 0.05) is 28.8 Å². The van der Waals surface area contributed by atoms with Gasteiger partial charge in [0.15, 0.2) is 0 Å². The van der Waals surface area contributed by atoms with Gasteiger partial charge in [-0.25, -0.2) is 9.59 Å². The number of halogens is 1. The summed E-state index contributed by atoms with van der Waals surface area (Å²) in [6.45, 7) is 2.11. The zero-order valence-corrected chi connectivity index (χ0v) is 14.6. The SMILES string of the molecule is CCC[C@H]1CC[C@H]([C@@]2(c3cccc(Cl)c3)OOC(=O)/C=C\C(=O)O2)N1. The predicted octanol–water partition coefficient (Wildman–Crippen LogP) is 3.00. The van der Waals surface area contributed by atoms with Gasteiger partial charge < -0.3 is 10.1 Å². The van der Waals surface area contributed by atoms with Crippen molar-refractivity contribution in [2.24, 2.45) is 0 Å². The summed E-state index contributed by atoms with van der Waals surface area (Å²) >= 11 is 6.11. The van der Waals surface area contributed by atoms with Crippen molar-refractivity contribution in [1.82, 2.24) is 5.32 Å². The fourth-order valence-corrected chi connectivity index (χ4v) is 3.50. The third kappa shape index (κ3) is 3.86. The lowest BCUT2D eigenvalue weighted by atomic mass is 9.96. The van der Waals surface area contributed by atoms with Gasteiger partial charge in [-0.1, -0.05) is 37.1 Å². The second-order valence-corrected chi connectivity index (χ2v) is 6.64. The van der Waals surface area contributed by atoms with Crippen molar-refractivity contribution in [2.45, 2.75) is 50.5 Å². The van der Waals surface area contributed by atoms with E-state index >= 15 is 0 Å². The highest BCUT2D eigenvalue weighted by molar-refractivity contribution is 6.30. The Morgan fingerprint density at radius 1 is 1.24 bits per heavy atom. The lowest BCUT2D eigenvalue weighted by molar-refractivity contribution is -0.407. The summed E-state index contributed by atoms with van der Waals surface area (Å²) in [5.41, 5.74) is 0.506. The van der Waals surface area contributed by atoms with E-state index in [1.54, 1.807) is 24.3 Å². The molecule has 1 N–H and O–H groups in total. The molecule has 0 aromatic heterocycles. The number of cyclic esters (lactones) is 1. The van der Waals surface area contributed by atoms with E-state index < -0.39 is 17.7 Å². The van der Waals surface area contributed by atoms with E-state index in [9.17, 15) is 9.59 Å². The van der Waals surface area contributed by atoms with Crippen LogP contribution >= 0.6 is 11.6 Å². The summed E-state index contributed by atoms with van der Waals surface area (Å²) in [5, 5.41) is 3.90. The first-order chi connectivity index (χ1) is 12.0. The molecular weight excluding hydrogens is 346 g/mol. The first-order valence-electron chi connectivity index (χ1n) is 8.36. The second kappa shape index (κ2) is 7.56. The van der Waals surface area contributed by atoms with E-state index in [0.29, 0.717) is 17.0 Å². The summed E-state index contributed by atoms with van der Waals surface area (Å²) in [6, 6.07) is 6.72. The quantitative estimate of drug-likeness (QED) is 0.653.